The second-order valence-electron chi connectivity index (χ2n) is 8.32. The summed E-state index contributed by atoms with van der Waals surface area (Å²) in [5.74, 6) is -0.953. The Morgan fingerprint density at radius 2 is 1.65 bits per heavy atom. The third kappa shape index (κ3) is 4.73. The van der Waals surface area contributed by atoms with Crippen LogP contribution >= 0.6 is 0 Å². The molecule has 170 valence electrons. The van der Waals surface area contributed by atoms with Gasteiger partial charge in [-0.05, 0) is 48.7 Å². The van der Waals surface area contributed by atoms with Gasteiger partial charge < -0.3 is 10.6 Å². The highest BCUT2D eigenvalue weighted by Gasteiger charge is 2.33. The van der Waals surface area contributed by atoms with Crippen LogP contribution in [0.25, 0.3) is 5.69 Å². The predicted molar refractivity (Wildman–Crippen MR) is 129 cm³/mol. The standard InChI is InChI=1S/C27H23FN4O2/c28-23-14-13-20(16-24(23)31-25(33)15-18-7-3-1-4-8-18)30-27(34)22-17-29-32(26(22)19-11-12-19)21-9-5-2-6-10-21/h1-10,13-14,16-17,19H,11-12,15H2,(H,30,34)(H,31,33). The molecule has 0 radical (unpaired) electrons. The number of carbonyl (C=O) groups is 2. The van der Waals surface area contributed by atoms with E-state index in [-0.39, 0.29) is 29.8 Å². The van der Waals surface area contributed by atoms with Crippen LogP contribution in [-0.4, -0.2) is 21.6 Å². The minimum atomic E-state index is -0.574. The fourth-order valence-electron chi connectivity index (χ4n) is 3.93. The second kappa shape index (κ2) is 9.31. The Kier molecular flexibility index (Phi) is 5.91. The Hall–Kier alpha value is -4.26. The number of para-hydroxylation sites is 1. The van der Waals surface area contributed by atoms with Crippen molar-refractivity contribution in [2.75, 3.05) is 10.6 Å². The van der Waals surface area contributed by atoms with E-state index in [0.29, 0.717) is 11.3 Å². The first-order valence-corrected chi connectivity index (χ1v) is 11.2. The fraction of sp³-hybridized carbons (Fsp3) is 0.148. The molecule has 1 saturated carbocycles. The summed E-state index contributed by atoms with van der Waals surface area (Å²) in [6, 6.07) is 23.0. The molecule has 2 N–H and O–H groups in total. The molecular weight excluding hydrogens is 431 g/mol. The number of anilines is 2. The molecule has 0 atom stereocenters. The lowest BCUT2D eigenvalue weighted by molar-refractivity contribution is -0.115. The average molecular weight is 455 g/mol. The Bertz CT molecular complexity index is 1330. The summed E-state index contributed by atoms with van der Waals surface area (Å²) in [5.41, 5.74) is 3.49. The van der Waals surface area contributed by atoms with Crippen LogP contribution in [0.15, 0.2) is 85.1 Å². The third-order valence-electron chi connectivity index (χ3n) is 5.72. The van der Waals surface area contributed by atoms with Crippen molar-refractivity contribution in [3.63, 3.8) is 0 Å². The Balaban J connectivity index is 1.34. The lowest BCUT2D eigenvalue weighted by atomic mass is 10.1. The molecule has 4 aromatic rings. The second-order valence-corrected chi connectivity index (χ2v) is 8.32. The van der Waals surface area contributed by atoms with Gasteiger partial charge in [-0.1, -0.05) is 48.5 Å². The molecule has 0 spiro atoms. The number of rotatable bonds is 7. The predicted octanol–water partition coefficient (Wildman–Crippen LogP) is 5.32. The normalized spacial score (nSPS) is 12.9. The molecule has 3 aromatic carbocycles. The van der Waals surface area contributed by atoms with Crippen molar-refractivity contribution in [1.29, 1.82) is 0 Å². The van der Waals surface area contributed by atoms with E-state index in [4.69, 9.17) is 0 Å². The highest BCUT2D eigenvalue weighted by Crippen LogP contribution is 2.42. The summed E-state index contributed by atoms with van der Waals surface area (Å²) in [6.07, 6.45) is 3.71. The number of halogens is 1. The van der Waals surface area contributed by atoms with E-state index in [9.17, 15) is 14.0 Å². The van der Waals surface area contributed by atoms with Crippen LogP contribution in [0.2, 0.25) is 0 Å². The first kappa shape index (κ1) is 21.6. The number of carbonyl (C=O) groups excluding carboxylic acids is 2. The zero-order valence-electron chi connectivity index (χ0n) is 18.4. The lowest BCUT2D eigenvalue weighted by Crippen LogP contribution is -2.17. The van der Waals surface area contributed by atoms with Gasteiger partial charge in [0.2, 0.25) is 5.91 Å². The highest BCUT2D eigenvalue weighted by molar-refractivity contribution is 6.05. The molecule has 0 aliphatic heterocycles. The SMILES string of the molecule is O=C(Cc1ccccc1)Nc1cc(NC(=O)c2cnn(-c3ccccc3)c2C2CC2)ccc1F. The topological polar surface area (TPSA) is 76.0 Å². The maximum Gasteiger partial charge on any atom is 0.259 e. The zero-order chi connectivity index (χ0) is 23.5. The Labute approximate surface area is 196 Å². The van der Waals surface area contributed by atoms with Crippen LogP contribution in [0.1, 0.15) is 40.4 Å². The van der Waals surface area contributed by atoms with Crippen LogP contribution in [0.5, 0.6) is 0 Å². The first-order chi connectivity index (χ1) is 16.6. The fourth-order valence-corrected chi connectivity index (χ4v) is 3.93. The van der Waals surface area contributed by atoms with Crippen LogP contribution in [0.4, 0.5) is 15.8 Å². The minimum Gasteiger partial charge on any atom is -0.323 e. The monoisotopic (exact) mass is 454 g/mol. The molecule has 0 unspecified atom stereocenters. The smallest absolute Gasteiger partial charge is 0.259 e. The Morgan fingerprint density at radius 1 is 0.941 bits per heavy atom. The van der Waals surface area contributed by atoms with Gasteiger partial charge in [0.1, 0.15) is 5.82 Å². The summed E-state index contributed by atoms with van der Waals surface area (Å²) in [7, 11) is 0. The molecule has 0 saturated heterocycles. The number of aromatic nitrogens is 2. The van der Waals surface area contributed by atoms with Gasteiger partial charge in [-0.2, -0.15) is 5.10 Å². The van der Waals surface area contributed by atoms with Gasteiger partial charge in [0.05, 0.1) is 35.2 Å². The summed E-state index contributed by atoms with van der Waals surface area (Å²) in [6.45, 7) is 0. The number of benzene rings is 3. The van der Waals surface area contributed by atoms with E-state index in [0.717, 1.165) is 29.8 Å². The number of nitrogens with one attached hydrogen (secondary N) is 2. The van der Waals surface area contributed by atoms with Crippen LogP contribution in [0, 0.1) is 5.82 Å². The van der Waals surface area contributed by atoms with E-state index in [1.54, 1.807) is 6.20 Å². The molecule has 1 aliphatic rings. The van der Waals surface area contributed by atoms with Gasteiger partial charge in [-0.25, -0.2) is 9.07 Å². The molecule has 1 aromatic heterocycles. The third-order valence-corrected chi connectivity index (χ3v) is 5.72. The van der Waals surface area contributed by atoms with Gasteiger partial charge in [0, 0.05) is 11.6 Å². The van der Waals surface area contributed by atoms with Crippen molar-refractivity contribution < 1.29 is 14.0 Å². The van der Waals surface area contributed by atoms with Crippen molar-refractivity contribution in [2.45, 2.75) is 25.2 Å². The molecule has 5 rings (SSSR count). The van der Waals surface area contributed by atoms with Gasteiger partial charge in [-0.3, -0.25) is 9.59 Å². The summed E-state index contributed by atoms with van der Waals surface area (Å²) < 4.78 is 16.2. The molecule has 6 nitrogen and oxygen atoms in total. The van der Waals surface area contributed by atoms with E-state index >= 15 is 0 Å². The summed E-state index contributed by atoms with van der Waals surface area (Å²) in [4.78, 5) is 25.5. The van der Waals surface area contributed by atoms with Gasteiger partial charge in [-0.15, -0.1) is 0 Å². The molecule has 34 heavy (non-hydrogen) atoms. The number of amides is 2. The molecule has 1 aliphatic carbocycles. The van der Waals surface area contributed by atoms with Crippen LogP contribution < -0.4 is 10.6 Å². The molecule has 7 heteroatoms. The number of hydrogen-bond acceptors (Lipinski definition) is 3. The molecule has 1 fully saturated rings. The average Bonchev–Trinajstić information content (AvgIpc) is 3.59. The van der Waals surface area contributed by atoms with E-state index in [2.05, 4.69) is 15.7 Å². The van der Waals surface area contributed by atoms with Crippen molar-refractivity contribution in [2.24, 2.45) is 0 Å². The number of hydrogen-bond donors (Lipinski definition) is 2. The van der Waals surface area contributed by atoms with Gasteiger partial charge in [0.25, 0.3) is 5.91 Å². The van der Waals surface area contributed by atoms with E-state index in [1.807, 2.05) is 65.3 Å². The molecule has 1 heterocycles. The maximum atomic E-state index is 14.4. The maximum absolute atomic E-state index is 14.4. The summed E-state index contributed by atoms with van der Waals surface area (Å²) in [5, 5.41) is 9.88. The van der Waals surface area contributed by atoms with Crippen molar-refractivity contribution in [3.8, 4) is 5.69 Å². The zero-order valence-corrected chi connectivity index (χ0v) is 18.4. The lowest BCUT2D eigenvalue weighted by Gasteiger charge is -2.11. The first-order valence-electron chi connectivity index (χ1n) is 11.2. The Morgan fingerprint density at radius 3 is 2.35 bits per heavy atom. The van der Waals surface area contributed by atoms with Crippen LogP contribution in [-0.2, 0) is 11.2 Å². The largest absolute Gasteiger partial charge is 0.323 e. The highest BCUT2D eigenvalue weighted by atomic mass is 19.1. The minimum absolute atomic E-state index is 0.0149. The molecular formula is C27H23FN4O2. The van der Waals surface area contributed by atoms with Crippen LogP contribution in [0.3, 0.4) is 0 Å². The molecule has 0 bridgehead atoms. The van der Waals surface area contributed by atoms with Crippen molar-refractivity contribution >= 4 is 23.2 Å². The molecule has 2 amide bonds. The van der Waals surface area contributed by atoms with Crippen molar-refractivity contribution in [1.82, 2.24) is 9.78 Å². The van der Waals surface area contributed by atoms with Gasteiger partial charge in [0.15, 0.2) is 0 Å². The summed E-state index contributed by atoms with van der Waals surface area (Å²) >= 11 is 0. The van der Waals surface area contributed by atoms with E-state index < -0.39 is 5.82 Å². The quantitative estimate of drug-likeness (QED) is 0.397. The van der Waals surface area contributed by atoms with E-state index in [1.165, 1.54) is 18.2 Å². The number of nitrogens with zero attached hydrogens (tertiary/aromatic N) is 2. The van der Waals surface area contributed by atoms with Gasteiger partial charge >= 0.3 is 0 Å². The van der Waals surface area contributed by atoms with Crippen molar-refractivity contribution in [3.05, 3.63) is 108 Å².